The Balaban J connectivity index is 1.39. The lowest BCUT2D eigenvalue weighted by Gasteiger charge is -2.32. The third-order valence-electron chi connectivity index (χ3n) is 9.03. The van der Waals surface area contributed by atoms with Crippen LogP contribution in [0, 0.1) is 6.92 Å². The summed E-state index contributed by atoms with van der Waals surface area (Å²) in [6.07, 6.45) is 1.28. The molecule has 0 fully saturated rings. The Hall–Kier alpha value is -4.81. The fraction of sp³-hybridized carbons (Fsp3) is 0.256. The first-order chi connectivity index (χ1) is 21.8. The number of esters is 1. The topological polar surface area (TPSA) is 52.9 Å². The summed E-state index contributed by atoms with van der Waals surface area (Å²) in [4.78, 5) is 15.8. The van der Waals surface area contributed by atoms with E-state index in [1.54, 1.807) is 0 Å². The van der Waals surface area contributed by atoms with Crippen LogP contribution in [0.25, 0.3) is 17.0 Å². The van der Waals surface area contributed by atoms with Crippen LogP contribution >= 0.6 is 0 Å². The predicted octanol–water partition coefficient (Wildman–Crippen LogP) is 8.38. The Morgan fingerprint density at radius 1 is 0.956 bits per heavy atom. The smallest absolute Gasteiger partial charge is 0.340 e. The van der Waals surface area contributed by atoms with Gasteiger partial charge in [-0.1, -0.05) is 73.3 Å². The van der Waals surface area contributed by atoms with Crippen molar-refractivity contribution in [2.45, 2.75) is 46.2 Å². The first-order valence-corrected chi connectivity index (χ1v) is 15.6. The van der Waals surface area contributed by atoms with Crippen molar-refractivity contribution in [2.24, 2.45) is 7.05 Å². The zero-order valence-electron chi connectivity index (χ0n) is 26.7. The number of anilines is 1. The minimum absolute atomic E-state index is 0.356. The van der Waals surface area contributed by atoms with Gasteiger partial charge in [-0.15, -0.1) is 0 Å². The van der Waals surface area contributed by atoms with E-state index >= 15 is 0 Å². The molecule has 5 aromatic rings. The molecule has 0 amide bonds. The number of carbonyl (C=O) groups is 1. The van der Waals surface area contributed by atoms with Crippen LogP contribution in [-0.2, 0) is 28.7 Å². The molecular weight excluding hydrogens is 560 g/mol. The van der Waals surface area contributed by atoms with E-state index < -0.39 is 11.9 Å². The Labute approximate surface area is 265 Å². The van der Waals surface area contributed by atoms with Gasteiger partial charge in [0.25, 0.3) is 0 Å². The molecule has 45 heavy (non-hydrogen) atoms. The lowest BCUT2D eigenvalue weighted by atomic mass is 9.78. The number of benzene rings is 4. The lowest BCUT2D eigenvalue weighted by molar-refractivity contribution is -0.0775. The number of hydrogen-bond acceptors (Lipinski definition) is 5. The van der Waals surface area contributed by atoms with Crippen molar-refractivity contribution in [2.75, 3.05) is 18.0 Å². The molecule has 1 aromatic heterocycles. The van der Waals surface area contributed by atoms with Crippen molar-refractivity contribution in [3.63, 3.8) is 0 Å². The maximum Gasteiger partial charge on any atom is 0.340 e. The van der Waals surface area contributed by atoms with E-state index in [4.69, 9.17) is 14.2 Å². The molecule has 6 nitrogen and oxygen atoms in total. The van der Waals surface area contributed by atoms with Gasteiger partial charge in [0.1, 0.15) is 5.75 Å². The van der Waals surface area contributed by atoms with Crippen LogP contribution in [0.2, 0.25) is 0 Å². The lowest BCUT2D eigenvalue weighted by Crippen LogP contribution is -2.32. The van der Waals surface area contributed by atoms with E-state index in [0.29, 0.717) is 17.9 Å². The number of rotatable bonds is 11. The fourth-order valence-electron chi connectivity index (χ4n) is 6.67. The minimum atomic E-state index is -1.22. The van der Waals surface area contributed by atoms with Gasteiger partial charge in [0, 0.05) is 59.1 Å². The van der Waals surface area contributed by atoms with Crippen LogP contribution in [0.1, 0.15) is 64.6 Å². The number of nitrogens with zero attached hydrogens (tertiary/aromatic N) is 2. The van der Waals surface area contributed by atoms with Crippen molar-refractivity contribution in [3.8, 4) is 5.75 Å². The molecule has 230 valence electrons. The molecule has 0 aliphatic carbocycles. The van der Waals surface area contributed by atoms with E-state index in [1.807, 2.05) is 80.7 Å². The monoisotopic (exact) mass is 600 g/mol. The molecule has 2 atom stereocenters. The summed E-state index contributed by atoms with van der Waals surface area (Å²) in [5.41, 5.74) is 7.09. The molecule has 0 N–H and O–H groups in total. The second-order valence-corrected chi connectivity index (χ2v) is 11.4. The molecular formula is C39H40N2O4. The molecule has 0 bridgehead atoms. The highest BCUT2D eigenvalue weighted by Gasteiger charge is 2.52. The predicted molar refractivity (Wildman–Crippen MR) is 181 cm³/mol. The molecule has 0 saturated heterocycles. The Morgan fingerprint density at radius 3 is 2.40 bits per heavy atom. The Bertz CT molecular complexity index is 1890. The summed E-state index contributed by atoms with van der Waals surface area (Å²) in [7, 11) is 2.04. The number of aryl methyl sites for hydroxylation is 1. The van der Waals surface area contributed by atoms with Gasteiger partial charge < -0.3 is 23.7 Å². The van der Waals surface area contributed by atoms with Gasteiger partial charge in [-0.25, -0.2) is 4.79 Å². The van der Waals surface area contributed by atoms with E-state index in [-0.39, 0.29) is 5.97 Å². The maximum absolute atomic E-state index is 13.5. The molecule has 1 aliphatic rings. The number of para-hydroxylation sites is 2. The van der Waals surface area contributed by atoms with Crippen LogP contribution in [0.4, 0.5) is 5.69 Å². The first-order valence-electron chi connectivity index (χ1n) is 15.6. The van der Waals surface area contributed by atoms with Crippen LogP contribution in [0.3, 0.4) is 0 Å². The summed E-state index contributed by atoms with van der Waals surface area (Å²) in [5, 5.41) is 1.02. The molecule has 6 heteroatoms. The number of fused-ring (bicyclic) bond motifs is 2. The Morgan fingerprint density at radius 2 is 1.64 bits per heavy atom. The largest absolute Gasteiger partial charge is 0.465 e. The molecule has 0 radical (unpaired) electrons. The van der Waals surface area contributed by atoms with Gasteiger partial charge in [-0.3, -0.25) is 0 Å². The van der Waals surface area contributed by atoms with Gasteiger partial charge in [0.15, 0.2) is 11.9 Å². The van der Waals surface area contributed by atoms with Gasteiger partial charge in [-0.05, 0) is 69.2 Å². The van der Waals surface area contributed by atoms with Crippen molar-refractivity contribution in [1.29, 1.82) is 0 Å². The molecule has 4 aromatic carbocycles. The number of carbonyl (C=O) groups excluding carboxylic acids is 1. The molecule has 6 rings (SSSR count). The maximum atomic E-state index is 13.5. The van der Waals surface area contributed by atoms with Gasteiger partial charge in [0.2, 0.25) is 0 Å². The van der Waals surface area contributed by atoms with Crippen LogP contribution < -0.4 is 9.64 Å². The normalized spacial score (nSPS) is 16.3. The standard InChI is InChI=1S/C39H40N2O4/c1-7-28-24-30(41(8-2)9-3)23-22-29(28)25-43-27(5)44-36-21-15-13-19-34(36)39(33-18-12-10-16-31(33)38(42)45-39)37-26(4)40(6)35-20-14-11-17-32(35)37/h7,10-24,27H,1,8-9,25H2,2-6H3. The number of ether oxygens (including phenoxy) is 3. The minimum Gasteiger partial charge on any atom is -0.465 e. The molecule has 2 unspecified atom stereocenters. The van der Waals surface area contributed by atoms with Gasteiger partial charge in [0.05, 0.1) is 12.2 Å². The molecule has 2 heterocycles. The van der Waals surface area contributed by atoms with E-state index in [0.717, 1.165) is 63.2 Å². The average Bonchev–Trinajstić information content (AvgIpc) is 3.51. The second kappa shape index (κ2) is 12.3. The van der Waals surface area contributed by atoms with Crippen LogP contribution in [-0.4, -0.2) is 29.9 Å². The van der Waals surface area contributed by atoms with E-state index in [9.17, 15) is 4.79 Å². The third kappa shape index (κ3) is 5.09. The summed E-state index contributed by atoms with van der Waals surface area (Å²) in [6.45, 7) is 14.5. The number of aromatic nitrogens is 1. The summed E-state index contributed by atoms with van der Waals surface area (Å²) >= 11 is 0. The molecule has 0 saturated carbocycles. The third-order valence-corrected chi connectivity index (χ3v) is 9.03. The highest BCUT2D eigenvalue weighted by atomic mass is 16.7. The van der Waals surface area contributed by atoms with Gasteiger partial charge in [-0.2, -0.15) is 0 Å². The number of cyclic esters (lactones) is 1. The zero-order chi connectivity index (χ0) is 31.7. The van der Waals surface area contributed by atoms with Crippen molar-refractivity contribution >= 4 is 28.6 Å². The van der Waals surface area contributed by atoms with Crippen molar-refractivity contribution in [1.82, 2.24) is 4.57 Å². The van der Waals surface area contributed by atoms with E-state index in [1.165, 1.54) is 0 Å². The highest BCUT2D eigenvalue weighted by molar-refractivity contribution is 5.99. The van der Waals surface area contributed by atoms with Crippen molar-refractivity contribution in [3.05, 3.63) is 137 Å². The summed E-state index contributed by atoms with van der Waals surface area (Å²) in [6, 6.07) is 30.0. The van der Waals surface area contributed by atoms with Crippen LogP contribution in [0.15, 0.2) is 97.6 Å². The summed E-state index contributed by atoms with van der Waals surface area (Å²) < 4.78 is 21.5. The summed E-state index contributed by atoms with van der Waals surface area (Å²) in [5.74, 6) is 0.227. The second-order valence-electron chi connectivity index (χ2n) is 11.4. The SMILES string of the molecule is C=Cc1cc(N(CC)CC)ccc1COC(C)Oc1ccccc1C1(c2c(C)n(C)c3ccccc23)OC(=O)c2ccccc21. The quantitative estimate of drug-likeness (QED) is 0.113. The first kappa shape index (κ1) is 30.2. The van der Waals surface area contributed by atoms with E-state index in [2.05, 4.69) is 67.1 Å². The molecule has 1 aliphatic heterocycles. The fourth-order valence-corrected chi connectivity index (χ4v) is 6.67. The molecule has 0 spiro atoms. The zero-order valence-corrected chi connectivity index (χ0v) is 26.7. The van der Waals surface area contributed by atoms with Crippen molar-refractivity contribution < 1.29 is 19.0 Å². The average molecular weight is 601 g/mol. The number of hydrogen-bond donors (Lipinski definition) is 0. The Kier molecular flexibility index (Phi) is 8.26. The van der Waals surface area contributed by atoms with Gasteiger partial charge >= 0.3 is 5.97 Å². The highest BCUT2D eigenvalue weighted by Crippen LogP contribution is 2.53. The van der Waals surface area contributed by atoms with Crippen LogP contribution in [0.5, 0.6) is 5.75 Å².